The van der Waals surface area contributed by atoms with E-state index in [1.54, 1.807) is 36.0 Å². The summed E-state index contributed by atoms with van der Waals surface area (Å²) >= 11 is 0. The fourth-order valence-corrected chi connectivity index (χ4v) is 2.01. The van der Waals surface area contributed by atoms with Crippen molar-refractivity contribution < 1.29 is 9.90 Å². The Kier molecular flexibility index (Phi) is 2.69. The Bertz CT molecular complexity index is 393. The second-order valence-electron chi connectivity index (χ2n) is 4.19. The van der Waals surface area contributed by atoms with E-state index in [0.29, 0.717) is 18.7 Å². The minimum atomic E-state index is -1.52. The first-order chi connectivity index (χ1) is 7.56. The van der Waals surface area contributed by atoms with Crippen LogP contribution in [0.4, 0.5) is 0 Å². The van der Waals surface area contributed by atoms with Crippen molar-refractivity contribution in [2.45, 2.75) is 5.72 Å². The van der Waals surface area contributed by atoms with Crippen LogP contribution in [0.2, 0.25) is 0 Å². The third-order valence-corrected chi connectivity index (χ3v) is 3.14. The molecular formula is C12H16N2O2. The van der Waals surface area contributed by atoms with Gasteiger partial charge in [0.15, 0.2) is 0 Å². The van der Waals surface area contributed by atoms with Gasteiger partial charge in [-0.25, -0.2) is 0 Å². The quantitative estimate of drug-likeness (QED) is 0.737. The van der Waals surface area contributed by atoms with Gasteiger partial charge in [0.25, 0.3) is 5.91 Å². The van der Waals surface area contributed by atoms with E-state index >= 15 is 0 Å². The Labute approximate surface area is 95.1 Å². The molecule has 1 amide bonds. The highest BCUT2D eigenvalue weighted by atomic mass is 16.3. The maximum atomic E-state index is 12.1. The molecule has 0 spiro atoms. The van der Waals surface area contributed by atoms with Crippen LogP contribution < -0.4 is 0 Å². The lowest BCUT2D eigenvalue weighted by Gasteiger charge is -2.43. The molecule has 0 bridgehead atoms. The van der Waals surface area contributed by atoms with Gasteiger partial charge in [-0.2, -0.15) is 0 Å². The Morgan fingerprint density at radius 2 is 1.81 bits per heavy atom. The third-order valence-electron chi connectivity index (χ3n) is 3.14. The summed E-state index contributed by atoms with van der Waals surface area (Å²) < 4.78 is 0. The number of nitrogens with zero attached hydrogens (tertiary/aromatic N) is 2. The maximum absolute atomic E-state index is 12.1. The fourth-order valence-electron chi connectivity index (χ4n) is 2.01. The second-order valence-corrected chi connectivity index (χ2v) is 4.19. The summed E-state index contributed by atoms with van der Waals surface area (Å²) in [4.78, 5) is 15.3. The lowest BCUT2D eigenvalue weighted by atomic mass is 9.98. The van der Waals surface area contributed by atoms with Crippen molar-refractivity contribution in [1.82, 2.24) is 9.80 Å². The summed E-state index contributed by atoms with van der Waals surface area (Å²) in [6.07, 6.45) is 0. The summed E-state index contributed by atoms with van der Waals surface area (Å²) in [6.45, 7) is 1.30. The molecule has 1 unspecified atom stereocenters. The summed E-state index contributed by atoms with van der Waals surface area (Å²) in [5.74, 6) is -0.271. The summed E-state index contributed by atoms with van der Waals surface area (Å²) in [5, 5.41) is 10.6. The number of carbonyl (C=O) groups is 1. The van der Waals surface area contributed by atoms with Gasteiger partial charge in [0.2, 0.25) is 5.72 Å². The van der Waals surface area contributed by atoms with Crippen molar-refractivity contribution in [3.8, 4) is 0 Å². The average molecular weight is 220 g/mol. The Hall–Kier alpha value is -1.39. The van der Waals surface area contributed by atoms with Gasteiger partial charge < -0.3 is 10.0 Å². The highest BCUT2D eigenvalue weighted by Gasteiger charge is 2.46. The van der Waals surface area contributed by atoms with E-state index in [9.17, 15) is 9.90 Å². The number of hydrogen-bond acceptors (Lipinski definition) is 3. The zero-order valence-electron chi connectivity index (χ0n) is 9.55. The van der Waals surface area contributed by atoms with Gasteiger partial charge in [-0.05, 0) is 7.05 Å². The van der Waals surface area contributed by atoms with Crippen molar-refractivity contribution in [3.63, 3.8) is 0 Å². The molecule has 4 heteroatoms. The highest BCUT2D eigenvalue weighted by molar-refractivity contribution is 5.86. The lowest BCUT2D eigenvalue weighted by Crippen LogP contribution is -2.61. The number of aliphatic hydroxyl groups is 1. The van der Waals surface area contributed by atoms with Crippen LogP contribution in [0.5, 0.6) is 0 Å². The molecule has 0 aromatic heterocycles. The molecule has 0 saturated carbocycles. The number of likely N-dealkylation sites (N-methyl/N-ethyl adjacent to an activating group) is 2. The molecule has 1 aromatic rings. The molecule has 86 valence electrons. The van der Waals surface area contributed by atoms with Gasteiger partial charge in [-0.3, -0.25) is 9.69 Å². The predicted molar refractivity (Wildman–Crippen MR) is 60.6 cm³/mol. The molecule has 1 fully saturated rings. The number of hydrogen-bond donors (Lipinski definition) is 1. The average Bonchev–Trinajstić information content (AvgIpc) is 2.33. The highest BCUT2D eigenvalue weighted by Crippen LogP contribution is 2.29. The van der Waals surface area contributed by atoms with Gasteiger partial charge in [0.1, 0.15) is 0 Å². The molecule has 1 aromatic carbocycles. The van der Waals surface area contributed by atoms with Crippen LogP contribution in [0.3, 0.4) is 0 Å². The van der Waals surface area contributed by atoms with E-state index in [0.717, 1.165) is 0 Å². The van der Waals surface area contributed by atoms with Crippen molar-refractivity contribution in [3.05, 3.63) is 35.9 Å². The van der Waals surface area contributed by atoms with Crippen LogP contribution in [0, 0.1) is 0 Å². The van der Waals surface area contributed by atoms with Crippen molar-refractivity contribution in [2.24, 2.45) is 0 Å². The van der Waals surface area contributed by atoms with Crippen molar-refractivity contribution in [1.29, 1.82) is 0 Å². The lowest BCUT2D eigenvalue weighted by molar-refractivity contribution is -0.184. The molecule has 0 aliphatic carbocycles. The minimum absolute atomic E-state index is 0.271. The van der Waals surface area contributed by atoms with Gasteiger partial charge in [0.05, 0.1) is 0 Å². The van der Waals surface area contributed by atoms with Crippen LogP contribution >= 0.6 is 0 Å². The van der Waals surface area contributed by atoms with Gasteiger partial charge >= 0.3 is 0 Å². The number of piperazine rings is 1. The monoisotopic (exact) mass is 220 g/mol. The molecule has 1 N–H and O–H groups in total. The second kappa shape index (κ2) is 3.88. The number of rotatable bonds is 1. The Morgan fingerprint density at radius 3 is 2.44 bits per heavy atom. The topological polar surface area (TPSA) is 43.8 Å². The third kappa shape index (κ3) is 1.50. The van der Waals surface area contributed by atoms with Crippen LogP contribution in [0.25, 0.3) is 0 Å². The molecule has 1 heterocycles. The minimum Gasteiger partial charge on any atom is -0.364 e. The molecular weight excluding hydrogens is 204 g/mol. The zero-order chi connectivity index (χ0) is 11.8. The fraction of sp³-hybridized carbons (Fsp3) is 0.417. The Balaban J connectivity index is 2.45. The van der Waals surface area contributed by atoms with E-state index in [-0.39, 0.29) is 5.91 Å². The molecule has 0 radical (unpaired) electrons. The number of benzene rings is 1. The van der Waals surface area contributed by atoms with Crippen LogP contribution in [0.15, 0.2) is 30.3 Å². The van der Waals surface area contributed by atoms with Gasteiger partial charge in [-0.15, -0.1) is 0 Å². The summed E-state index contributed by atoms with van der Waals surface area (Å²) in [6, 6.07) is 9.05. The number of amides is 1. The van der Waals surface area contributed by atoms with Crippen LogP contribution in [-0.4, -0.2) is 48.0 Å². The maximum Gasteiger partial charge on any atom is 0.274 e. The first kappa shape index (κ1) is 11.1. The summed E-state index contributed by atoms with van der Waals surface area (Å²) in [7, 11) is 3.47. The van der Waals surface area contributed by atoms with Gasteiger partial charge in [0, 0.05) is 25.7 Å². The van der Waals surface area contributed by atoms with Crippen molar-refractivity contribution in [2.75, 3.05) is 27.2 Å². The van der Waals surface area contributed by atoms with Crippen LogP contribution in [-0.2, 0) is 10.5 Å². The standard InChI is InChI=1S/C12H16N2O2/c1-13-8-9-14(2)12(16,11(13)15)10-6-4-3-5-7-10/h3-7,16H,8-9H2,1-2H3. The van der Waals surface area contributed by atoms with Crippen LogP contribution in [0.1, 0.15) is 5.56 Å². The first-order valence-electron chi connectivity index (χ1n) is 5.31. The van der Waals surface area contributed by atoms with Crippen molar-refractivity contribution >= 4 is 5.91 Å². The normalized spacial score (nSPS) is 27.2. The van der Waals surface area contributed by atoms with E-state index in [1.807, 2.05) is 18.2 Å². The smallest absolute Gasteiger partial charge is 0.274 e. The largest absolute Gasteiger partial charge is 0.364 e. The number of carbonyl (C=O) groups excluding carboxylic acids is 1. The first-order valence-corrected chi connectivity index (χ1v) is 5.31. The van der Waals surface area contributed by atoms with E-state index < -0.39 is 5.72 Å². The molecule has 16 heavy (non-hydrogen) atoms. The SMILES string of the molecule is CN1CCN(C)C(O)(c2ccccc2)C1=O. The molecule has 1 saturated heterocycles. The molecule has 2 rings (SSSR count). The summed E-state index contributed by atoms with van der Waals surface area (Å²) in [5.41, 5.74) is -0.900. The van der Waals surface area contributed by atoms with E-state index in [4.69, 9.17) is 0 Å². The molecule has 1 atom stereocenters. The molecule has 1 aliphatic heterocycles. The van der Waals surface area contributed by atoms with Gasteiger partial charge in [-0.1, -0.05) is 30.3 Å². The van der Waals surface area contributed by atoms with E-state index in [2.05, 4.69) is 0 Å². The molecule has 1 aliphatic rings. The van der Waals surface area contributed by atoms with E-state index in [1.165, 1.54) is 0 Å². The molecule has 4 nitrogen and oxygen atoms in total. The predicted octanol–water partition coefficient (Wildman–Crippen LogP) is 0.235. The zero-order valence-corrected chi connectivity index (χ0v) is 9.55. The Morgan fingerprint density at radius 1 is 1.19 bits per heavy atom.